The maximum atomic E-state index is 6.35. The predicted octanol–water partition coefficient (Wildman–Crippen LogP) is 5.60. The van der Waals surface area contributed by atoms with E-state index in [1.165, 1.54) is 11.1 Å². The van der Waals surface area contributed by atoms with Gasteiger partial charge in [-0.05, 0) is 42.7 Å². The van der Waals surface area contributed by atoms with Gasteiger partial charge in [-0.1, -0.05) is 40.5 Å². The standard InChI is InChI=1S/C15H16BrClO/c1-4-14-11(5-6-18-14)15(16)12-7-9(2)10(3)8-13(12)17/h5-8,15H,4H2,1-3H3. The predicted molar refractivity (Wildman–Crippen MR) is 79.8 cm³/mol. The lowest BCUT2D eigenvalue weighted by Gasteiger charge is -2.14. The Balaban J connectivity index is 2.46. The monoisotopic (exact) mass is 326 g/mol. The number of benzene rings is 1. The molecule has 3 heteroatoms. The molecule has 0 aliphatic carbocycles. The number of alkyl halides is 1. The number of furan rings is 1. The zero-order valence-electron chi connectivity index (χ0n) is 10.8. The lowest BCUT2D eigenvalue weighted by Crippen LogP contribution is -1.97. The van der Waals surface area contributed by atoms with Crippen molar-refractivity contribution in [1.29, 1.82) is 0 Å². The highest BCUT2D eigenvalue weighted by atomic mass is 79.9. The van der Waals surface area contributed by atoms with E-state index in [2.05, 4.69) is 42.8 Å². The van der Waals surface area contributed by atoms with Crippen molar-refractivity contribution in [3.05, 3.63) is 57.5 Å². The number of halogens is 2. The minimum absolute atomic E-state index is 0.0815. The summed E-state index contributed by atoms with van der Waals surface area (Å²) in [5.41, 5.74) is 4.71. The third kappa shape index (κ3) is 2.50. The number of aryl methyl sites for hydroxylation is 3. The number of hydrogen-bond acceptors (Lipinski definition) is 1. The van der Waals surface area contributed by atoms with Gasteiger partial charge < -0.3 is 4.42 Å². The fourth-order valence-corrected chi connectivity index (χ4v) is 3.27. The third-order valence-electron chi connectivity index (χ3n) is 3.26. The molecule has 18 heavy (non-hydrogen) atoms. The van der Waals surface area contributed by atoms with Crippen molar-refractivity contribution in [1.82, 2.24) is 0 Å². The summed E-state index contributed by atoms with van der Waals surface area (Å²) in [5, 5.41) is 0.795. The molecule has 1 aromatic heterocycles. The van der Waals surface area contributed by atoms with Crippen molar-refractivity contribution in [2.24, 2.45) is 0 Å². The lowest BCUT2D eigenvalue weighted by atomic mass is 10.00. The molecule has 0 amide bonds. The molecule has 1 atom stereocenters. The van der Waals surface area contributed by atoms with Crippen molar-refractivity contribution < 1.29 is 4.42 Å². The molecular weight excluding hydrogens is 312 g/mol. The van der Waals surface area contributed by atoms with Crippen molar-refractivity contribution in [2.45, 2.75) is 32.0 Å². The van der Waals surface area contributed by atoms with Gasteiger partial charge in [0, 0.05) is 17.0 Å². The Morgan fingerprint density at radius 1 is 1.22 bits per heavy atom. The fraction of sp³-hybridized carbons (Fsp3) is 0.333. The lowest BCUT2D eigenvalue weighted by molar-refractivity contribution is 0.512. The molecule has 0 aliphatic heterocycles. The molecule has 2 rings (SSSR count). The smallest absolute Gasteiger partial charge is 0.108 e. The highest BCUT2D eigenvalue weighted by molar-refractivity contribution is 9.09. The third-order valence-corrected chi connectivity index (χ3v) is 4.57. The molecule has 96 valence electrons. The quantitative estimate of drug-likeness (QED) is 0.669. The van der Waals surface area contributed by atoms with Crippen LogP contribution in [0.15, 0.2) is 28.9 Å². The van der Waals surface area contributed by atoms with E-state index in [0.717, 1.165) is 28.3 Å². The van der Waals surface area contributed by atoms with Gasteiger partial charge in [0.25, 0.3) is 0 Å². The second kappa shape index (κ2) is 5.50. The molecule has 0 saturated carbocycles. The summed E-state index contributed by atoms with van der Waals surface area (Å²) in [6.45, 7) is 6.26. The molecule has 2 aromatic rings. The Morgan fingerprint density at radius 3 is 2.56 bits per heavy atom. The summed E-state index contributed by atoms with van der Waals surface area (Å²) in [4.78, 5) is 0.0815. The van der Waals surface area contributed by atoms with Gasteiger partial charge in [-0.15, -0.1) is 0 Å². The zero-order chi connectivity index (χ0) is 13.3. The van der Waals surface area contributed by atoms with E-state index in [4.69, 9.17) is 16.0 Å². The van der Waals surface area contributed by atoms with Gasteiger partial charge in [0.15, 0.2) is 0 Å². The van der Waals surface area contributed by atoms with Gasteiger partial charge >= 0.3 is 0 Å². The van der Waals surface area contributed by atoms with Crippen LogP contribution in [0.5, 0.6) is 0 Å². The van der Waals surface area contributed by atoms with Crippen LogP contribution < -0.4 is 0 Å². The highest BCUT2D eigenvalue weighted by Crippen LogP contribution is 2.38. The molecule has 0 radical (unpaired) electrons. The molecule has 1 aromatic carbocycles. The van der Waals surface area contributed by atoms with Gasteiger partial charge in [0.2, 0.25) is 0 Å². The van der Waals surface area contributed by atoms with Crippen LogP contribution in [0.2, 0.25) is 5.02 Å². The first-order valence-corrected chi connectivity index (χ1v) is 7.31. The van der Waals surface area contributed by atoms with Gasteiger partial charge in [-0.25, -0.2) is 0 Å². The summed E-state index contributed by atoms with van der Waals surface area (Å²) in [6, 6.07) is 6.17. The van der Waals surface area contributed by atoms with Crippen LogP contribution in [0.4, 0.5) is 0 Å². The largest absolute Gasteiger partial charge is 0.469 e. The van der Waals surface area contributed by atoms with Crippen molar-refractivity contribution in [2.75, 3.05) is 0 Å². The summed E-state index contributed by atoms with van der Waals surface area (Å²) >= 11 is 10.1. The van der Waals surface area contributed by atoms with E-state index in [1.807, 2.05) is 12.1 Å². The van der Waals surface area contributed by atoms with Crippen molar-refractivity contribution in [3.8, 4) is 0 Å². The summed E-state index contributed by atoms with van der Waals surface area (Å²) < 4.78 is 5.48. The highest BCUT2D eigenvalue weighted by Gasteiger charge is 2.19. The first-order valence-electron chi connectivity index (χ1n) is 6.01. The van der Waals surface area contributed by atoms with E-state index in [9.17, 15) is 0 Å². The summed E-state index contributed by atoms with van der Waals surface area (Å²) in [7, 11) is 0. The second-order valence-corrected chi connectivity index (χ2v) is 5.80. The fourth-order valence-electron chi connectivity index (χ4n) is 2.03. The number of hydrogen-bond donors (Lipinski definition) is 0. The molecule has 0 bridgehead atoms. The van der Waals surface area contributed by atoms with Crippen LogP contribution in [0, 0.1) is 13.8 Å². The molecule has 1 nitrogen and oxygen atoms in total. The van der Waals surface area contributed by atoms with E-state index in [-0.39, 0.29) is 4.83 Å². The van der Waals surface area contributed by atoms with Crippen LogP contribution >= 0.6 is 27.5 Å². The molecule has 0 aliphatic rings. The van der Waals surface area contributed by atoms with Crippen LogP contribution in [-0.2, 0) is 6.42 Å². The van der Waals surface area contributed by atoms with E-state index >= 15 is 0 Å². The van der Waals surface area contributed by atoms with E-state index in [0.29, 0.717) is 0 Å². The zero-order valence-corrected chi connectivity index (χ0v) is 13.1. The molecule has 0 N–H and O–H groups in total. The van der Waals surface area contributed by atoms with Gasteiger partial charge in [0.1, 0.15) is 5.76 Å². The Labute approximate surface area is 121 Å². The maximum absolute atomic E-state index is 6.35. The Kier molecular flexibility index (Phi) is 4.18. The minimum atomic E-state index is 0.0815. The summed E-state index contributed by atoms with van der Waals surface area (Å²) in [6.07, 6.45) is 2.62. The summed E-state index contributed by atoms with van der Waals surface area (Å²) in [5.74, 6) is 1.01. The molecule has 1 unspecified atom stereocenters. The van der Waals surface area contributed by atoms with Crippen molar-refractivity contribution in [3.63, 3.8) is 0 Å². The minimum Gasteiger partial charge on any atom is -0.469 e. The molecular formula is C15H16BrClO. The number of rotatable bonds is 3. The first-order chi connectivity index (χ1) is 8.54. The van der Waals surface area contributed by atoms with Crippen LogP contribution in [-0.4, -0.2) is 0 Å². The van der Waals surface area contributed by atoms with E-state index in [1.54, 1.807) is 6.26 Å². The maximum Gasteiger partial charge on any atom is 0.108 e. The van der Waals surface area contributed by atoms with Crippen LogP contribution in [0.3, 0.4) is 0 Å². The Hall–Kier alpha value is -0.730. The Bertz CT molecular complexity index is 560. The first kappa shape index (κ1) is 13.7. The van der Waals surface area contributed by atoms with Gasteiger partial charge in [-0.3, -0.25) is 0 Å². The molecule has 0 saturated heterocycles. The SMILES string of the molecule is CCc1occc1C(Br)c1cc(C)c(C)cc1Cl. The average molecular weight is 328 g/mol. The Morgan fingerprint density at radius 2 is 1.89 bits per heavy atom. The normalized spacial score (nSPS) is 12.7. The van der Waals surface area contributed by atoms with E-state index < -0.39 is 0 Å². The molecule has 1 heterocycles. The average Bonchev–Trinajstić information content (AvgIpc) is 2.81. The topological polar surface area (TPSA) is 13.1 Å². The van der Waals surface area contributed by atoms with Crippen LogP contribution in [0.25, 0.3) is 0 Å². The van der Waals surface area contributed by atoms with Crippen molar-refractivity contribution >= 4 is 27.5 Å². The second-order valence-electron chi connectivity index (χ2n) is 4.47. The molecule has 0 fully saturated rings. The molecule has 0 spiro atoms. The van der Waals surface area contributed by atoms with Crippen LogP contribution in [0.1, 0.15) is 39.8 Å². The van der Waals surface area contributed by atoms with Gasteiger partial charge in [0.05, 0.1) is 11.1 Å². The van der Waals surface area contributed by atoms with Gasteiger partial charge in [-0.2, -0.15) is 0 Å².